The minimum absolute atomic E-state index is 0.499. The van der Waals surface area contributed by atoms with E-state index in [9.17, 15) is 0 Å². The van der Waals surface area contributed by atoms with Crippen LogP contribution in [0.3, 0.4) is 0 Å². The van der Waals surface area contributed by atoms with Gasteiger partial charge in [-0.2, -0.15) is 0 Å². The largest absolute Gasteiger partial charge is 0.494 e. The summed E-state index contributed by atoms with van der Waals surface area (Å²) in [6.45, 7) is 10.9. The van der Waals surface area contributed by atoms with Crippen molar-refractivity contribution < 1.29 is 9.47 Å². The number of ether oxygens (including phenoxy) is 2. The lowest BCUT2D eigenvalue weighted by molar-refractivity contribution is 0.252. The molecule has 1 aromatic carbocycles. The standard InChI is InChI=1S/C15H25NO2/c1-5-17-14-6-8-15(9-7-14)18-11-13(4)10-16-12(2)3/h6-9,12-13,16H,5,10-11H2,1-4H3. The van der Waals surface area contributed by atoms with Crippen LogP contribution in [0, 0.1) is 5.92 Å². The second-order valence-electron chi connectivity index (χ2n) is 4.88. The molecule has 0 heterocycles. The summed E-state index contributed by atoms with van der Waals surface area (Å²) in [5.41, 5.74) is 0. The summed E-state index contributed by atoms with van der Waals surface area (Å²) in [4.78, 5) is 0. The van der Waals surface area contributed by atoms with Gasteiger partial charge in [-0.15, -0.1) is 0 Å². The molecule has 0 radical (unpaired) electrons. The predicted octanol–water partition coefficient (Wildman–Crippen LogP) is 3.10. The fourth-order valence-corrected chi connectivity index (χ4v) is 1.53. The maximum atomic E-state index is 5.74. The average Bonchev–Trinajstić information content (AvgIpc) is 2.36. The second-order valence-corrected chi connectivity index (χ2v) is 4.88. The number of hydrogen-bond donors (Lipinski definition) is 1. The zero-order valence-electron chi connectivity index (χ0n) is 11.9. The van der Waals surface area contributed by atoms with E-state index in [2.05, 4.69) is 26.1 Å². The summed E-state index contributed by atoms with van der Waals surface area (Å²) >= 11 is 0. The van der Waals surface area contributed by atoms with E-state index in [1.165, 1.54) is 0 Å². The molecule has 1 rings (SSSR count). The van der Waals surface area contributed by atoms with Gasteiger partial charge in [0.05, 0.1) is 13.2 Å². The summed E-state index contributed by atoms with van der Waals surface area (Å²) in [7, 11) is 0. The number of benzene rings is 1. The van der Waals surface area contributed by atoms with Crippen LogP contribution >= 0.6 is 0 Å². The van der Waals surface area contributed by atoms with Crippen LogP contribution in [0.5, 0.6) is 11.5 Å². The zero-order valence-corrected chi connectivity index (χ0v) is 11.9. The Morgan fingerprint density at radius 1 is 1.00 bits per heavy atom. The van der Waals surface area contributed by atoms with E-state index in [0.29, 0.717) is 18.6 Å². The highest BCUT2D eigenvalue weighted by Crippen LogP contribution is 2.17. The topological polar surface area (TPSA) is 30.5 Å². The highest BCUT2D eigenvalue weighted by molar-refractivity contribution is 5.31. The first-order valence-electron chi connectivity index (χ1n) is 6.70. The summed E-state index contributed by atoms with van der Waals surface area (Å²) in [6.07, 6.45) is 0. The predicted molar refractivity (Wildman–Crippen MR) is 75.4 cm³/mol. The van der Waals surface area contributed by atoms with Gasteiger partial charge in [0.25, 0.3) is 0 Å². The van der Waals surface area contributed by atoms with Crippen molar-refractivity contribution in [3.05, 3.63) is 24.3 Å². The minimum atomic E-state index is 0.499. The highest BCUT2D eigenvalue weighted by atomic mass is 16.5. The van der Waals surface area contributed by atoms with Gasteiger partial charge in [0.15, 0.2) is 0 Å². The van der Waals surface area contributed by atoms with Crippen molar-refractivity contribution in [2.45, 2.75) is 33.7 Å². The molecular weight excluding hydrogens is 226 g/mol. The molecule has 1 unspecified atom stereocenters. The fourth-order valence-electron chi connectivity index (χ4n) is 1.53. The van der Waals surface area contributed by atoms with Crippen molar-refractivity contribution >= 4 is 0 Å². The summed E-state index contributed by atoms with van der Waals surface area (Å²) in [5.74, 6) is 2.29. The van der Waals surface area contributed by atoms with E-state index in [1.54, 1.807) is 0 Å². The molecule has 0 saturated heterocycles. The molecule has 3 nitrogen and oxygen atoms in total. The van der Waals surface area contributed by atoms with E-state index in [0.717, 1.165) is 24.7 Å². The molecule has 0 fully saturated rings. The van der Waals surface area contributed by atoms with Crippen LogP contribution in [-0.2, 0) is 0 Å². The van der Waals surface area contributed by atoms with Crippen LogP contribution in [0.1, 0.15) is 27.7 Å². The Kier molecular flexibility index (Phi) is 6.58. The Balaban J connectivity index is 2.29. The van der Waals surface area contributed by atoms with Crippen LogP contribution < -0.4 is 14.8 Å². The van der Waals surface area contributed by atoms with Crippen molar-refractivity contribution in [1.82, 2.24) is 5.32 Å². The SMILES string of the molecule is CCOc1ccc(OCC(C)CNC(C)C)cc1. The van der Waals surface area contributed by atoms with Gasteiger partial charge in [-0.1, -0.05) is 20.8 Å². The van der Waals surface area contributed by atoms with Gasteiger partial charge in [0.1, 0.15) is 11.5 Å². The molecule has 1 atom stereocenters. The molecule has 0 saturated carbocycles. The average molecular weight is 251 g/mol. The molecule has 0 bridgehead atoms. The van der Waals surface area contributed by atoms with Crippen LogP contribution in [0.15, 0.2) is 24.3 Å². The monoisotopic (exact) mass is 251 g/mol. The quantitative estimate of drug-likeness (QED) is 0.770. The zero-order chi connectivity index (χ0) is 13.4. The number of hydrogen-bond acceptors (Lipinski definition) is 3. The van der Waals surface area contributed by atoms with Gasteiger partial charge in [0, 0.05) is 18.5 Å². The first-order chi connectivity index (χ1) is 8.61. The number of nitrogens with one attached hydrogen (secondary N) is 1. The van der Waals surface area contributed by atoms with E-state index < -0.39 is 0 Å². The van der Waals surface area contributed by atoms with E-state index in [4.69, 9.17) is 9.47 Å². The van der Waals surface area contributed by atoms with Crippen LogP contribution in [-0.4, -0.2) is 25.8 Å². The summed E-state index contributed by atoms with van der Waals surface area (Å²) in [6, 6.07) is 8.31. The van der Waals surface area contributed by atoms with Crippen molar-refractivity contribution in [2.75, 3.05) is 19.8 Å². The molecule has 0 aliphatic heterocycles. The first-order valence-corrected chi connectivity index (χ1v) is 6.70. The normalized spacial score (nSPS) is 12.5. The maximum Gasteiger partial charge on any atom is 0.119 e. The van der Waals surface area contributed by atoms with E-state index >= 15 is 0 Å². The lowest BCUT2D eigenvalue weighted by atomic mass is 10.2. The Morgan fingerprint density at radius 2 is 1.56 bits per heavy atom. The third-order valence-electron chi connectivity index (χ3n) is 2.54. The number of rotatable bonds is 8. The van der Waals surface area contributed by atoms with Gasteiger partial charge in [-0.05, 0) is 31.2 Å². The lowest BCUT2D eigenvalue weighted by Gasteiger charge is -2.16. The van der Waals surface area contributed by atoms with Gasteiger partial charge in [-0.25, -0.2) is 0 Å². The Morgan fingerprint density at radius 3 is 2.06 bits per heavy atom. The summed E-state index contributed by atoms with van der Waals surface area (Å²) in [5, 5.41) is 3.41. The molecule has 0 spiro atoms. The third kappa shape index (κ3) is 5.92. The Hall–Kier alpha value is -1.22. The molecule has 0 aliphatic carbocycles. The van der Waals surface area contributed by atoms with Gasteiger partial charge >= 0.3 is 0 Å². The minimum Gasteiger partial charge on any atom is -0.494 e. The van der Waals surface area contributed by atoms with Crippen LogP contribution in [0.25, 0.3) is 0 Å². The van der Waals surface area contributed by atoms with Crippen molar-refractivity contribution in [3.63, 3.8) is 0 Å². The van der Waals surface area contributed by atoms with Crippen molar-refractivity contribution in [1.29, 1.82) is 0 Å². The molecule has 102 valence electrons. The fraction of sp³-hybridized carbons (Fsp3) is 0.600. The van der Waals surface area contributed by atoms with E-state index in [-0.39, 0.29) is 0 Å². The van der Waals surface area contributed by atoms with Gasteiger partial charge < -0.3 is 14.8 Å². The van der Waals surface area contributed by atoms with Gasteiger partial charge in [0.2, 0.25) is 0 Å². The van der Waals surface area contributed by atoms with Crippen molar-refractivity contribution in [3.8, 4) is 11.5 Å². The van der Waals surface area contributed by atoms with Gasteiger partial charge in [-0.3, -0.25) is 0 Å². The molecule has 1 aromatic rings. The molecule has 0 aliphatic rings. The lowest BCUT2D eigenvalue weighted by Crippen LogP contribution is -2.30. The molecule has 0 aromatic heterocycles. The van der Waals surface area contributed by atoms with Crippen LogP contribution in [0.2, 0.25) is 0 Å². The maximum absolute atomic E-state index is 5.74. The van der Waals surface area contributed by atoms with Crippen LogP contribution in [0.4, 0.5) is 0 Å². The molecular formula is C15H25NO2. The second kappa shape index (κ2) is 7.98. The molecule has 0 amide bonds. The van der Waals surface area contributed by atoms with Crippen molar-refractivity contribution in [2.24, 2.45) is 5.92 Å². The molecule has 1 N–H and O–H groups in total. The smallest absolute Gasteiger partial charge is 0.119 e. The molecule has 3 heteroatoms. The Labute approximate surface area is 110 Å². The first kappa shape index (κ1) is 14.8. The third-order valence-corrected chi connectivity index (χ3v) is 2.54. The summed E-state index contributed by atoms with van der Waals surface area (Å²) < 4.78 is 11.1. The Bertz CT molecular complexity index is 322. The van der Waals surface area contributed by atoms with E-state index in [1.807, 2.05) is 31.2 Å². The highest BCUT2D eigenvalue weighted by Gasteiger charge is 2.04. The molecule has 18 heavy (non-hydrogen) atoms.